The molecular formula is C20H25N3O4S. The lowest BCUT2D eigenvalue weighted by atomic mass is 10.2. The summed E-state index contributed by atoms with van der Waals surface area (Å²) in [6.45, 7) is 3.93. The number of anilines is 2. The van der Waals surface area contributed by atoms with Crippen LogP contribution in [0.5, 0.6) is 0 Å². The predicted octanol–water partition coefficient (Wildman–Crippen LogP) is 3.04. The maximum absolute atomic E-state index is 12.6. The molecule has 0 saturated heterocycles. The van der Waals surface area contributed by atoms with Crippen LogP contribution in [0.4, 0.5) is 16.2 Å². The summed E-state index contributed by atoms with van der Waals surface area (Å²) in [4.78, 5) is 26.3. The van der Waals surface area contributed by atoms with Crippen molar-refractivity contribution in [1.29, 1.82) is 0 Å². The first-order chi connectivity index (χ1) is 13.2. The van der Waals surface area contributed by atoms with Gasteiger partial charge in [0.2, 0.25) is 5.91 Å². The Balaban J connectivity index is 1.95. The van der Waals surface area contributed by atoms with Crippen molar-refractivity contribution in [3.63, 3.8) is 0 Å². The number of carbonyl (C=O) groups is 2. The molecule has 2 N–H and O–H groups in total. The Morgan fingerprint density at radius 1 is 1.00 bits per heavy atom. The molecule has 0 unspecified atom stereocenters. The fraction of sp³-hybridized carbons (Fsp3) is 0.300. The largest absolute Gasteiger partial charge is 0.337 e. The van der Waals surface area contributed by atoms with E-state index in [0.29, 0.717) is 11.4 Å². The van der Waals surface area contributed by atoms with E-state index in [0.717, 1.165) is 6.26 Å². The molecule has 0 aliphatic rings. The lowest BCUT2D eigenvalue weighted by Crippen LogP contribution is -2.39. The molecule has 28 heavy (non-hydrogen) atoms. The van der Waals surface area contributed by atoms with Crippen molar-refractivity contribution < 1.29 is 18.0 Å². The molecule has 7 nitrogen and oxygen atoms in total. The van der Waals surface area contributed by atoms with Crippen LogP contribution < -0.4 is 15.5 Å². The third kappa shape index (κ3) is 6.09. The molecule has 0 heterocycles. The van der Waals surface area contributed by atoms with Crippen LogP contribution in [0.1, 0.15) is 20.3 Å². The number of carbonyl (C=O) groups excluding carboxylic acids is 2. The van der Waals surface area contributed by atoms with E-state index in [1.807, 2.05) is 32.0 Å². The molecule has 0 bridgehead atoms. The van der Waals surface area contributed by atoms with E-state index in [1.54, 1.807) is 29.2 Å². The highest BCUT2D eigenvalue weighted by Crippen LogP contribution is 2.21. The number of nitrogens with one attached hydrogen (secondary N) is 2. The van der Waals surface area contributed by atoms with Crippen molar-refractivity contribution >= 4 is 33.2 Å². The van der Waals surface area contributed by atoms with Gasteiger partial charge in [0.25, 0.3) is 0 Å². The molecule has 8 heteroatoms. The van der Waals surface area contributed by atoms with Crippen molar-refractivity contribution in [2.75, 3.05) is 23.0 Å². The van der Waals surface area contributed by atoms with Crippen LogP contribution in [0.2, 0.25) is 0 Å². The van der Waals surface area contributed by atoms with Gasteiger partial charge in [-0.1, -0.05) is 18.2 Å². The van der Waals surface area contributed by atoms with Crippen LogP contribution in [0.25, 0.3) is 0 Å². The maximum Gasteiger partial charge on any atom is 0.319 e. The van der Waals surface area contributed by atoms with Crippen molar-refractivity contribution in [2.45, 2.75) is 31.2 Å². The van der Waals surface area contributed by atoms with Gasteiger partial charge in [0.1, 0.15) is 0 Å². The van der Waals surface area contributed by atoms with Crippen molar-refractivity contribution in [3.05, 3.63) is 54.6 Å². The Morgan fingerprint density at radius 2 is 1.61 bits per heavy atom. The van der Waals surface area contributed by atoms with E-state index in [2.05, 4.69) is 10.6 Å². The monoisotopic (exact) mass is 403 g/mol. The number of nitrogens with zero attached hydrogens (tertiary/aromatic N) is 1. The Bertz CT molecular complexity index is 910. The summed E-state index contributed by atoms with van der Waals surface area (Å²) in [5.41, 5.74) is 1.28. The first kappa shape index (κ1) is 21.4. The number of benzene rings is 2. The van der Waals surface area contributed by atoms with Gasteiger partial charge in [-0.25, -0.2) is 13.2 Å². The van der Waals surface area contributed by atoms with E-state index >= 15 is 0 Å². The summed E-state index contributed by atoms with van der Waals surface area (Å²) in [5.74, 6) is -0.165. The molecule has 0 fully saturated rings. The van der Waals surface area contributed by atoms with Crippen LogP contribution in [-0.4, -0.2) is 39.2 Å². The predicted molar refractivity (Wildman–Crippen MR) is 110 cm³/mol. The van der Waals surface area contributed by atoms with Gasteiger partial charge in [-0.3, -0.25) is 4.79 Å². The Labute approximate surface area is 165 Å². The lowest BCUT2D eigenvalue weighted by molar-refractivity contribution is -0.118. The standard InChI is InChI=1S/C20H25N3O4S/c1-15(2)23(17-9-11-18(12-10-17)28(3,26)27)19(24)13-14-21-20(25)22-16-7-5-4-6-8-16/h4-12,15H,13-14H2,1-3H3,(H2,21,22,25). The Hall–Kier alpha value is -2.87. The smallest absolute Gasteiger partial charge is 0.319 e. The summed E-state index contributed by atoms with van der Waals surface area (Å²) in [7, 11) is -3.29. The topological polar surface area (TPSA) is 95.6 Å². The number of para-hydroxylation sites is 1. The van der Waals surface area contributed by atoms with Crippen molar-refractivity contribution in [1.82, 2.24) is 5.32 Å². The number of rotatable bonds is 7. The zero-order valence-electron chi connectivity index (χ0n) is 16.2. The summed E-state index contributed by atoms with van der Waals surface area (Å²) in [5, 5.41) is 5.35. The fourth-order valence-corrected chi connectivity index (χ4v) is 3.31. The maximum atomic E-state index is 12.6. The highest BCUT2D eigenvalue weighted by atomic mass is 32.2. The van der Waals surface area contributed by atoms with Gasteiger partial charge in [-0.05, 0) is 50.2 Å². The molecule has 0 spiro atoms. The normalized spacial score (nSPS) is 11.1. The summed E-state index contributed by atoms with van der Waals surface area (Å²) in [6.07, 6.45) is 1.26. The number of urea groups is 1. The molecule has 3 amide bonds. The third-order valence-electron chi connectivity index (χ3n) is 3.98. The number of hydrogen-bond donors (Lipinski definition) is 2. The van der Waals surface area contributed by atoms with E-state index in [4.69, 9.17) is 0 Å². The van der Waals surface area contributed by atoms with E-state index < -0.39 is 9.84 Å². The van der Waals surface area contributed by atoms with Gasteiger partial charge >= 0.3 is 6.03 Å². The molecule has 2 aromatic carbocycles. The van der Waals surface area contributed by atoms with E-state index in [-0.39, 0.29) is 35.8 Å². The van der Waals surface area contributed by atoms with Gasteiger partial charge in [-0.2, -0.15) is 0 Å². The second kappa shape index (κ2) is 9.36. The summed E-state index contributed by atoms with van der Waals surface area (Å²) < 4.78 is 23.2. The fourth-order valence-electron chi connectivity index (χ4n) is 2.68. The first-order valence-electron chi connectivity index (χ1n) is 8.90. The molecule has 0 aromatic heterocycles. The minimum absolute atomic E-state index is 0.116. The van der Waals surface area contributed by atoms with Gasteiger partial charge in [-0.15, -0.1) is 0 Å². The molecule has 0 aliphatic heterocycles. The summed E-state index contributed by atoms with van der Waals surface area (Å²) in [6, 6.07) is 14.7. The molecule has 0 saturated carbocycles. The molecule has 0 radical (unpaired) electrons. The molecule has 0 aliphatic carbocycles. The number of amides is 3. The SMILES string of the molecule is CC(C)N(C(=O)CCNC(=O)Nc1ccccc1)c1ccc(S(C)(=O)=O)cc1. The lowest BCUT2D eigenvalue weighted by Gasteiger charge is -2.27. The van der Waals surface area contributed by atoms with Crippen LogP contribution in [0, 0.1) is 0 Å². The number of sulfone groups is 1. The zero-order chi connectivity index (χ0) is 20.7. The average molecular weight is 404 g/mol. The van der Waals surface area contributed by atoms with Gasteiger partial charge < -0.3 is 15.5 Å². The van der Waals surface area contributed by atoms with Crippen LogP contribution in [0.3, 0.4) is 0 Å². The molecule has 150 valence electrons. The van der Waals surface area contributed by atoms with E-state index in [1.165, 1.54) is 12.1 Å². The minimum Gasteiger partial charge on any atom is -0.337 e. The van der Waals surface area contributed by atoms with Crippen LogP contribution >= 0.6 is 0 Å². The first-order valence-corrected chi connectivity index (χ1v) is 10.8. The molecular weight excluding hydrogens is 378 g/mol. The Morgan fingerprint density at radius 3 is 2.14 bits per heavy atom. The Kier molecular flexibility index (Phi) is 7.17. The molecule has 0 atom stereocenters. The van der Waals surface area contributed by atoms with Gasteiger partial charge in [0.05, 0.1) is 4.90 Å². The highest BCUT2D eigenvalue weighted by molar-refractivity contribution is 7.90. The third-order valence-corrected chi connectivity index (χ3v) is 5.11. The number of hydrogen-bond acceptors (Lipinski definition) is 4. The van der Waals surface area contributed by atoms with Crippen LogP contribution in [0.15, 0.2) is 59.5 Å². The van der Waals surface area contributed by atoms with E-state index in [9.17, 15) is 18.0 Å². The molecule has 2 aromatic rings. The second-order valence-electron chi connectivity index (χ2n) is 6.62. The zero-order valence-corrected chi connectivity index (χ0v) is 17.0. The average Bonchev–Trinajstić information content (AvgIpc) is 2.62. The molecule has 2 rings (SSSR count). The summed E-state index contributed by atoms with van der Waals surface area (Å²) >= 11 is 0. The minimum atomic E-state index is -3.29. The van der Waals surface area contributed by atoms with Gasteiger partial charge in [0, 0.05) is 36.6 Å². The van der Waals surface area contributed by atoms with Crippen molar-refractivity contribution in [3.8, 4) is 0 Å². The van der Waals surface area contributed by atoms with Gasteiger partial charge in [0.15, 0.2) is 9.84 Å². The quantitative estimate of drug-likeness (QED) is 0.743. The van der Waals surface area contributed by atoms with Crippen molar-refractivity contribution in [2.24, 2.45) is 0 Å². The van der Waals surface area contributed by atoms with Crippen LogP contribution in [-0.2, 0) is 14.6 Å². The second-order valence-corrected chi connectivity index (χ2v) is 8.64. The highest BCUT2D eigenvalue weighted by Gasteiger charge is 2.19.